The lowest BCUT2D eigenvalue weighted by Crippen LogP contribution is -2.19. The lowest BCUT2D eigenvalue weighted by molar-refractivity contribution is -0.402. The highest BCUT2D eigenvalue weighted by molar-refractivity contribution is 5.76. The molecule has 0 unspecified atom stereocenters. The number of rotatable bonds is 6. The zero-order valence-electron chi connectivity index (χ0n) is 13.1. The molecule has 0 amide bonds. The molecule has 0 spiro atoms. The zero-order chi connectivity index (χ0) is 17.0. The van der Waals surface area contributed by atoms with Crippen LogP contribution in [0.5, 0.6) is 0 Å². The van der Waals surface area contributed by atoms with Crippen molar-refractivity contribution >= 4 is 29.9 Å². The summed E-state index contributed by atoms with van der Waals surface area (Å²) in [6, 6.07) is 2.69. The van der Waals surface area contributed by atoms with E-state index in [0.29, 0.717) is 11.9 Å². The Morgan fingerprint density at radius 2 is 1.78 bits per heavy atom. The quantitative estimate of drug-likeness (QED) is 0.470. The van der Waals surface area contributed by atoms with E-state index in [1.54, 1.807) is 9.80 Å². The maximum absolute atomic E-state index is 10.5. The first-order valence-corrected chi connectivity index (χ1v) is 6.51. The molecule has 0 saturated carbocycles. The summed E-state index contributed by atoms with van der Waals surface area (Å²) in [5.74, 6) is 1.06. The Bertz CT molecular complexity index is 699. The van der Waals surface area contributed by atoms with Crippen molar-refractivity contribution in [3.8, 4) is 0 Å². The van der Waals surface area contributed by atoms with E-state index in [0.717, 1.165) is 0 Å². The minimum atomic E-state index is -0.622. The van der Waals surface area contributed by atoms with Gasteiger partial charge in [-0.1, -0.05) is 0 Å². The number of furan rings is 1. The lowest BCUT2D eigenvalue weighted by atomic mass is 10.5. The number of hydrogen-bond acceptors (Lipinski definition) is 10. The van der Waals surface area contributed by atoms with Gasteiger partial charge in [-0.05, 0) is 6.07 Å². The summed E-state index contributed by atoms with van der Waals surface area (Å²) >= 11 is 0. The Hall–Kier alpha value is -3.24. The van der Waals surface area contributed by atoms with Gasteiger partial charge in [0.05, 0.1) is 12.3 Å². The second-order valence-electron chi connectivity index (χ2n) is 4.85. The van der Waals surface area contributed by atoms with Crippen molar-refractivity contribution in [1.29, 1.82) is 0 Å². The van der Waals surface area contributed by atoms with Gasteiger partial charge in [0.1, 0.15) is 4.92 Å². The molecular formula is C12H16N8O3. The molecule has 23 heavy (non-hydrogen) atoms. The Labute approximate surface area is 131 Å². The van der Waals surface area contributed by atoms with Crippen molar-refractivity contribution in [2.75, 3.05) is 43.4 Å². The van der Waals surface area contributed by atoms with Crippen molar-refractivity contribution < 1.29 is 9.34 Å². The van der Waals surface area contributed by atoms with Crippen LogP contribution in [0.1, 0.15) is 5.76 Å². The highest BCUT2D eigenvalue weighted by Crippen LogP contribution is 2.15. The third-order valence-electron chi connectivity index (χ3n) is 2.56. The van der Waals surface area contributed by atoms with Crippen LogP contribution in [0.25, 0.3) is 0 Å². The Balaban J connectivity index is 2.15. The minimum absolute atomic E-state index is 0.235. The molecule has 0 radical (unpaired) electrons. The fourth-order valence-corrected chi connectivity index (χ4v) is 1.47. The highest BCUT2D eigenvalue weighted by Gasteiger charge is 2.11. The standard InChI is InChI=1S/C12H16N8O3/c1-18(2)11-14-10(15-12(16-11)19(3)4)17-13-7-8-5-6-9(23-8)20(21)22/h5-7H,1-4H3,(H,14,15,16,17)/b13-7+. The van der Waals surface area contributed by atoms with Gasteiger partial charge in [0.2, 0.25) is 17.8 Å². The number of anilines is 3. The highest BCUT2D eigenvalue weighted by atomic mass is 16.6. The topological polar surface area (TPSA) is 126 Å². The van der Waals surface area contributed by atoms with E-state index >= 15 is 0 Å². The van der Waals surface area contributed by atoms with Crippen molar-refractivity contribution in [3.63, 3.8) is 0 Å². The molecule has 0 bridgehead atoms. The monoisotopic (exact) mass is 320 g/mol. The molecule has 11 heteroatoms. The number of nitrogens with zero attached hydrogens (tertiary/aromatic N) is 7. The average molecular weight is 320 g/mol. The maximum Gasteiger partial charge on any atom is 0.433 e. The van der Waals surface area contributed by atoms with Crippen molar-refractivity contribution in [2.24, 2.45) is 5.10 Å². The first kappa shape index (κ1) is 16.1. The summed E-state index contributed by atoms with van der Waals surface area (Å²) in [4.78, 5) is 26.0. The number of nitro groups is 1. The molecule has 11 nitrogen and oxygen atoms in total. The number of aromatic nitrogens is 3. The maximum atomic E-state index is 10.5. The van der Waals surface area contributed by atoms with E-state index in [1.165, 1.54) is 18.3 Å². The van der Waals surface area contributed by atoms with Crippen LogP contribution in [-0.4, -0.2) is 54.3 Å². The lowest BCUT2D eigenvalue weighted by Gasteiger charge is -2.15. The summed E-state index contributed by atoms with van der Waals surface area (Å²) in [5.41, 5.74) is 2.65. The molecule has 0 saturated heterocycles. The summed E-state index contributed by atoms with van der Waals surface area (Å²) in [6.45, 7) is 0. The van der Waals surface area contributed by atoms with Crippen LogP contribution in [0.15, 0.2) is 21.7 Å². The van der Waals surface area contributed by atoms with Crippen molar-refractivity contribution in [3.05, 3.63) is 28.0 Å². The second-order valence-corrected chi connectivity index (χ2v) is 4.85. The zero-order valence-corrected chi connectivity index (χ0v) is 13.1. The molecule has 2 aromatic rings. The molecular weight excluding hydrogens is 304 g/mol. The average Bonchev–Trinajstić information content (AvgIpc) is 2.96. The number of hydrogen-bond donors (Lipinski definition) is 1. The van der Waals surface area contributed by atoms with Crippen molar-refractivity contribution in [2.45, 2.75) is 0 Å². The summed E-state index contributed by atoms with van der Waals surface area (Å²) in [5, 5.41) is 14.4. The molecule has 122 valence electrons. The molecule has 0 aliphatic carbocycles. The van der Waals surface area contributed by atoms with Crippen LogP contribution in [0.2, 0.25) is 0 Å². The first-order valence-electron chi connectivity index (χ1n) is 6.51. The van der Waals surface area contributed by atoms with Crippen LogP contribution < -0.4 is 15.2 Å². The second kappa shape index (κ2) is 6.68. The van der Waals surface area contributed by atoms with Gasteiger partial charge in [-0.25, -0.2) is 5.43 Å². The van der Waals surface area contributed by atoms with Gasteiger partial charge in [0.15, 0.2) is 5.76 Å². The molecule has 0 aliphatic rings. The van der Waals surface area contributed by atoms with Crippen LogP contribution in [0, 0.1) is 10.1 Å². The van der Waals surface area contributed by atoms with Crippen LogP contribution in [-0.2, 0) is 0 Å². The normalized spacial score (nSPS) is 10.8. The van der Waals surface area contributed by atoms with Gasteiger partial charge < -0.3 is 14.2 Å². The number of hydrazone groups is 1. The van der Waals surface area contributed by atoms with E-state index in [9.17, 15) is 10.1 Å². The fraction of sp³-hybridized carbons (Fsp3) is 0.333. The predicted octanol–water partition coefficient (Wildman–Crippen LogP) is 0.951. The van der Waals surface area contributed by atoms with Crippen LogP contribution in [0.3, 0.4) is 0 Å². The smallest absolute Gasteiger partial charge is 0.400 e. The Morgan fingerprint density at radius 3 is 2.26 bits per heavy atom. The predicted molar refractivity (Wildman–Crippen MR) is 85.1 cm³/mol. The molecule has 0 atom stereocenters. The van der Waals surface area contributed by atoms with Gasteiger partial charge in [-0.3, -0.25) is 10.1 Å². The SMILES string of the molecule is CN(C)c1nc(N/N=C/c2ccc([N+](=O)[O-])o2)nc(N(C)C)n1. The summed E-state index contributed by atoms with van der Waals surface area (Å²) in [7, 11) is 7.24. The van der Waals surface area contributed by atoms with Gasteiger partial charge in [-0.15, -0.1) is 0 Å². The number of nitrogens with one attached hydrogen (secondary N) is 1. The van der Waals surface area contributed by atoms with Gasteiger partial charge in [0, 0.05) is 28.2 Å². The summed E-state index contributed by atoms with van der Waals surface area (Å²) in [6.07, 6.45) is 1.29. The van der Waals surface area contributed by atoms with Crippen LogP contribution in [0.4, 0.5) is 23.7 Å². The van der Waals surface area contributed by atoms with Crippen LogP contribution >= 0.6 is 0 Å². The molecule has 0 aromatic carbocycles. The molecule has 0 fully saturated rings. The molecule has 1 N–H and O–H groups in total. The fourth-order valence-electron chi connectivity index (χ4n) is 1.47. The van der Waals surface area contributed by atoms with E-state index < -0.39 is 4.92 Å². The third-order valence-corrected chi connectivity index (χ3v) is 2.56. The van der Waals surface area contributed by atoms with Gasteiger partial charge in [0.25, 0.3) is 0 Å². The van der Waals surface area contributed by atoms with Crippen molar-refractivity contribution in [1.82, 2.24) is 15.0 Å². The van der Waals surface area contributed by atoms with Gasteiger partial charge >= 0.3 is 5.88 Å². The minimum Gasteiger partial charge on any atom is -0.400 e. The third kappa shape index (κ3) is 4.12. The van der Waals surface area contributed by atoms with Gasteiger partial charge in [-0.2, -0.15) is 20.1 Å². The Kier molecular flexibility index (Phi) is 4.69. The van der Waals surface area contributed by atoms with E-state index in [4.69, 9.17) is 4.42 Å². The van der Waals surface area contributed by atoms with E-state index in [2.05, 4.69) is 25.5 Å². The Morgan fingerprint density at radius 1 is 1.17 bits per heavy atom. The first-order chi connectivity index (χ1) is 10.9. The van der Waals surface area contributed by atoms with E-state index in [-0.39, 0.29) is 17.6 Å². The molecule has 2 aromatic heterocycles. The molecule has 2 heterocycles. The molecule has 0 aliphatic heterocycles. The molecule has 2 rings (SSSR count). The summed E-state index contributed by atoms with van der Waals surface area (Å²) < 4.78 is 4.95. The largest absolute Gasteiger partial charge is 0.433 e. The van der Waals surface area contributed by atoms with E-state index in [1.807, 2.05) is 28.2 Å².